The van der Waals surface area contributed by atoms with Crippen LogP contribution in [0.25, 0.3) is 92.2 Å². The summed E-state index contributed by atoms with van der Waals surface area (Å²) in [6, 6.07) is 76.1. The predicted molar refractivity (Wildman–Crippen MR) is 254 cm³/mol. The molecule has 0 spiro atoms. The second-order valence-electron chi connectivity index (χ2n) is 15.8. The zero-order valence-corrected chi connectivity index (χ0v) is 33.9. The molecule has 0 radical (unpaired) electrons. The molecule has 1 nitrogen and oxygen atoms in total. The Morgan fingerprint density at radius 1 is 0.390 bits per heavy atom. The number of aryl methyl sites for hydroxylation is 1. The molecule has 0 bridgehead atoms. The van der Waals surface area contributed by atoms with Crippen molar-refractivity contribution in [1.82, 2.24) is 4.57 Å². The van der Waals surface area contributed by atoms with Gasteiger partial charge in [0.25, 0.3) is 0 Å². The van der Waals surface area contributed by atoms with Crippen LogP contribution in [0.2, 0.25) is 0 Å². The zero-order chi connectivity index (χ0) is 39.5. The smallest absolute Gasteiger partial charge is 0.0541 e. The lowest BCUT2D eigenvalue weighted by Crippen LogP contribution is -2.00. The summed E-state index contributed by atoms with van der Waals surface area (Å²) >= 11 is 1.89. The number of aromatic nitrogens is 1. The highest BCUT2D eigenvalue weighted by Crippen LogP contribution is 2.42. The van der Waals surface area contributed by atoms with Gasteiger partial charge in [-0.15, -0.1) is 11.3 Å². The summed E-state index contributed by atoms with van der Waals surface area (Å²) in [4.78, 5) is 0. The lowest BCUT2D eigenvalue weighted by molar-refractivity contribution is 0.927. The van der Waals surface area contributed by atoms with E-state index in [9.17, 15) is 0 Å². The summed E-state index contributed by atoms with van der Waals surface area (Å²) in [5, 5.41) is 5.18. The fourth-order valence-electron chi connectivity index (χ4n) is 9.14. The number of benzene rings is 9. The van der Waals surface area contributed by atoms with E-state index in [1.165, 1.54) is 103 Å². The van der Waals surface area contributed by atoms with Crippen LogP contribution in [0.1, 0.15) is 29.5 Å². The minimum Gasteiger partial charge on any atom is -0.309 e. The van der Waals surface area contributed by atoms with Crippen LogP contribution in [0.15, 0.2) is 206 Å². The number of fused-ring (bicyclic) bond motifs is 6. The Labute approximate surface area is 349 Å². The highest BCUT2D eigenvalue weighted by atomic mass is 32.1. The van der Waals surface area contributed by atoms with Gasteiger partial charge in [-0.2, -0.15) is 0 Å². The molecule has 0 aliphatic carbocycles. The average molecular weight is 772 g/mol. The normalized spacial score (nSPS) is 12.2. The molecule has 1 unspecified atom stereocenters. The Hall–Kier alpha value is -7.00. The van der Waals surface area contributed by atoms with Crippen molar-refractivity contribution in [2.45, 2.75) is 19.8 Å². The lowest BCUT2D eigenvalue weighted by atomic mass is 9.84. The minimum absolute atomic E-state index is 0.190. The summed E-state index contributed by atoms with van der Waals surface area (Å²) in [5.74, 6) is 0.190. The van der Waals surface area contributed by atoms with E-state index in [1.807, 2.05) is 11.3 Å². The molecule has 11 aromatic rings. The molecule has 0 aliphatic heterocycles. The van der Waals surface area contributed by atoms with Crippen LogP contribution >= 0.6 is 11.3 Å². The quantitative estimate of drug-likeness (QED) is 0.152. The molecule has 0 N–H and O–H groups in total. The molecule has 0 fully saturated rings. The summed E-state index contributed by atoms with van der Waals surface area (Å²) in [6.45, 7) is 4.60. The lowest BCUT2D eigenvalue weighted by Gasteiger charge is -2.20. The van der Waals surface area contributed by atoms with E-state index >= 15 is 0 Å². The highest BCUT2D eigenvalue weighted by molar-refractivity contribution is 7.25. The van der Waals surface area contributed by atoms with E-state index in [0.717, 1.165) is 5.69 Å². The first-order valence-electron chi connectivity index (χ1n) is 20.5. The zero-order valence-electron chi connectivity index (χ0n) is 33.1. The topological polar surface area (TPSA) is 4.93 Å². The molecule has 0 saturated heterocycles. The first-order valence-corrected chi connectivity index (χ1v) is 21.3. The van der Waals surface area contributed by atoms with Crippen molar-refractivity contribution >= 4 is 53.3 Å². The second-order valence-corrected chi connectivity index (χ2v) is 16.9. The van der Waals surface area contributed by atoms with Crippen molar-refractivity contribution < 1.29 is 0 Å². The third-order valence-corrected chi connectivity index (χ3v) is 13.4. The fourth-order valence-corrected chi connectivity index (χ4v) is 10.3. The van der Waals surface area contributed by atoms with E-state index in [4.69, 9.17) is 0 Å². The van der Waals surface area contributed by atoms with Gasteiger partial charge in [-0.3, -0.25) is 0 Å². The Kier molecular flexibility index (Phi) is 8.61. The maximum absolute atomic E-state index is 2.44. The third kappa shape index (κ3) is 6.16. The van der Waals surface area contributed by atoms with Gasteiger partial charge >= 0.3 is 0 Å². The van der Waals surface area contributed by atoms with Crippen LogP contribution in [0.4, 0.5) is 0 Å². The minimum atomic E-state index is 0.190. The summed E-state index contributed by atoms with van der Waals surface area (Å²) in [5.41, 5.74) is 17.5. The summed E-state index contributed by atoms with van der Waals surface area (Å²) < 4.78 is 5.07. The highest BCUT2D eigenvalue weighted by Gasteiger charge is 2.19. The molecule has 2 heterocycles. The number of rotatable bonds is 7. The van der Waals surface area contributed by atoms with E-state index < -0.39 is 0 Å². The molecule has 2 heteroatoms. The van der Waals surface area contributed by atoms with Crippen LogP contribution < -0.4 is 0 Å². The Morgan fingerprint density at radius 3 is 1.80 bits per heavy atom. The van der Waals surface area contributed by atoms with Crippen LogP contribution in [0, 0.1) is 6.92 Å². The van der Waals surface area contributed by atoms with Gasteiger partial charge in [-0.1, -0.05) is 159 Å². The molecular formula is C57H41NS. The number of para-hydroxylation sites is 1. The SMILES string of the molecule is Cc1ccccc1-c1cc(-c2ccc3c(c2)c2ccccc2n3-c2ccc(-c3ccccc3)cc2)ccc1C(C)c1ccc2sc3cc(-c4ccccc4)ccc3c2c1. The first-order chi connectivity index (χ1) is 29.1. The van der Waals surface area contributed by atoms with Crippen molar-refractivity contribution in [3.05, 3.63) is 223 Å². The van der Waals surface area contributed by atoms with Gasteiger partial charge in [-0.25, -0.2) is 0 Å². The molecule has 0 aliphatic rings. The van der Waals surface area contributed by atoms with Crippen LogP contribution in [0.3, 0.4) is 0 Å². The van der Waals surface area contributed by atoms with Crippen molar-refractivity contribution in [1.29, 1.82) is 0 Å². The van der Waals surface area contributed by atoms with Crippen molar-refractivity contribution in [2.24, 2.45) is 0 Å². The number of thiophene rings is 1. The fraction of sp³-hybridized carbons (Fsp3) is 0.0526. The number of nitrogens with zero attached hydrogens (tertiary/aromatic N) is 1. The summed E-state index contributed by atoms with van der Waals surface area (Å²) in [6.07, 6.45) is 0. The second kappa shape index (κ2) is 14.4. The summed E-state index contributed by atoms with van der Waals surface area (Å²) in [7, 11) is 0. The van der Waals surface area contributed by atoms with Gasteiger partial charge in [0.05, 0.1) is 11.0 Å². The third-order valence-electron chi connectivity index (χ3n) is 12.3. The maximum atomic E-state index is 2.44. The number of hydrogen-bond donors (Lipinski definition) is 0. The molecule has 0 amide bonds. The molecule has 9 aromatic carbocycles. The van der Waals surface area contributed by atoms with E-state index in [0.29, 0.717) is 0 Å². The Balaban J connectivity index is 0.996. The van der Waals surface area contributed by atoms with Gasteiger partial charge in [0.2, 0.25) is 0 Å². The van der Waals surface area contributed by atoms with E-state index in [-0.39, 0.29) is 5.92 Å². The molecular weight excluding hydrogens is 731 g/mol. The van der Waals surface area contributed by atoms with Gasteiger partial charge in [0.15, 0.2) is 0 Å². The predicted octanol–water partition coefficient (Wildman–Crippen LogP) is 16.3. The Morgan fingerprint density at radius 2 is 1.00 bits per heavy atom. The standard InChI is InChI=1S/C57H41NS/c1-37-13-9-10-18-47(37)51-34-43(23-29-48(51)38(2)42-26-32-56-53(33-42)50-30-24-45(36-57(50)59-56)40-16-7-4-8-17-40)44-25-31-55-52(35-44)49-19-11-12-20-54(49)58(55)46-27-21-41(22-28-46)39-14-5-3-6-15-39/h3-36,38H,1-2H3. The van der Waals surface area contributed by atoms with E-state index in [2.05, 4.69) is 225 Å². The Bertz CT molecular complexity index is 3330. The van der Waals surface area contributed by atoms with Crippen LogP contribution in [0.5, 0.6) is 0 Å². The van der Waals surface area contributed by atoms with E-state index in [1.54, 1.807) is 0 Å². The molecule has 2 aromatic heterocycles. The average Bonchev–Trinajstić information content (AvgIpc) is 3.84. The number of hydrogen-bond acceptors (Lipinski definition) is 1. The van der Waals surface area contributed by atoms with Crippen LogP contribution in [-0.2, 0) is 0 Å². The van der Waals surface area contributed by atoms with Crippen LogP contribution in [-0.4, -0.2) is 4.57 Å². The molecule has 0 saturated carbocycles. The van der Waals surface area contributed by atoms with Crippen molar-refractivity contribution in [2.75, 3.05) is 0 Å². The van der Waals surface area contributed by atoms with Crippen molar-refractivity contribution in [3.63, 3.8) is 0 Å². The van der Waals surface area contributed by atoms with Gasteiger partial charge in [0.1, 0.15) is 0 Å². The molecule has 280 valence electrons. The van der Waals surface area contributed by atoms with Crippen molar-refractivity contribution in [3.8, 4) is 50.2 Å². The molecule has 59 heavy (non-hydrogen) atoms. The monoisotopic (exact) mass is 771 g/mol. The van der Waals surface area contributed by atoms with Gasteiger partial charge < -0.3 is 4.57 Å². The molecule has 1 atom stereocenters. The first kappa shape index (κ1) is 35.2. The maximum Gasteiger partial charge on any atom is 0.0541 e. The van der Waals surface area contributed by atoms with Gasteiger partial charge in [-0.05, 0) is 123 Å². The largest absolute Gasteiger partial charge is 0.309 e. The molecule has 11 rings (SSSR count). The van der Waals surface area contributed by atoms with Gasteiger partial charge in [0, 0.05) is 42.6 Å².